The Labute approximate surface area is 113 Å². The van der Waals surface area contributed by atoms with E-state index in [0.29, 0.717) is 11.3 Å². The van der Waals surface area contributed by atoms with Gasteiger partial charge in [0.2, 0.25) is 0 Å². The van der Waals surface area contributed by atoms with Crippen LogP contribution in [0, 0.1) is 0 Å². The molecule has 0 saturated carbocycles. The normalized spacial score (nSPS) is 17.4. The van der Waals surface area contributed by atoms with Crippen LogP contribution >= 0.6 is 0 Å². The van der Waals surface area contributed by atoms with E-state index in [2.05, 4.69) is 16.9 Å². The first-order chi connectivity index (χ1) is 9.20. The van der Waals surface area contributed by atoms with Crippen molar-refractivity contribution in [3.8, 4) is 0 Å². The number of hydrogen-bond donors (Lipinski definition) is 0. The van der Waals surface area contributed by atoms with E-state index in [1.165, 1.54) is 0 Å². The Hall–Kier alpha value is -2.03. The molecule has 3 nitrogen and oxygen atoms in total. The summed E-state index contributed by atoms with van der Waals surface area (Å²) in [4.78, 5) is 21.1. The lowest BCUT2D eigenvalue weighted by molar-refractivity contribution is 0.103. The fourth-order valence-electron chi connectivity index (χ4n) is 2.17. The molecule has 1 aliphatic rings. The lowest BCUT2D eigenvalue weighted by Gasteiger charge is -2.19. The third-order valence-corrected chi connectivity index (χ3v) is 3.21. The van der Waals surface area contributed by atoms with Crippen molar-refractivity contribution >= 4 is 17.7 Å². The van der Waals surface area contributed by atoms with E-state index in [-0.39, 0.29) is 5.78 Å². The second-order valence-corrected chi connectivity index (χ2v) is 4.52. The topological polar surface area (TPSA) is 41.8 Å². The second-order valence-electron chi connectivity index (χ2n) is 4.52. The number of benzene rings is 1. The smallest absolute Gasteiger partial charge is 0.191 e. The van der Waals surface area contributed by atoms with Crippen LogP contribution in [0.25, 0.3) is 0 Å². The quantitative estimate of drug-likeness (QED) is 0.762. The summed E-state index contributed by atoms with van der Waals surface area (Å²) in [5, 5.41) is 0. The maximum absolute atomic E-state index is 12.3. The number of Topliss-reactive ketones (excluding diaryl/α,β-unsaturated/α-hetero) is 1. The minimum Gasteiger partial charge on any atom is -0.289 e. The number of allylic oxidation sites excluding steroid dienone is 2. The predicted molar refractivity (Wildman–Crippen MR) is 79.3 cm³/mol. The van der Waals surface area contributed by atoms with E-state index in [9.17, 15) is 4.79 Å². The van der Waals surface area contributed by atoms with Gasteiger partial charge in [0.15, 0.2) is 5.78 Å². The molecule has 1 aromatic rings. The van der Waals surface area contributed by atoms with Gasteiger partial charge in [-0.25, -0.2) is 0 Å². The van der Waals surface area contributed by atoms with Gasteiger partial charge < -0.3 is 0 Å². The second kappa shape index (κ2) is 5.74. The van der Waals surface area contributed by atoms with Gasteiger partial charge in [0, 0.05) is 30.0 Å². The molecule has 1 aliphatic carbocycles. The lowest BCUT2D eigenvalue weighted by Crippen LogP contribution is -2.20. The van der Waals surface area contributed by atoms with Gasteiger partial charge in [-0.2, -0.15) is 0 Å². The fourth-order valence-corrected chi connectivity index (χ4v) is 2.17. The van der Waals surface area contributed by atoms with E-state index in [4.69, 9.17) is 0 Å². The zero-order valence-corrected chi connectivity index (χ0v) is 11.6. The molecule has 0 heterocycles. The number of aliphatic imine (C=N–C) groups is 2. The summed E-state index contributed by atoms with van der Waals surface area (Å²) in [6.45, 7) is 3.92. The molecular formula is C16H18N2O. The zero-order valence-electron chi connectivity index (χ0n) is 11.6. The molecule has 0 aromatic heterocycles. The molecule has 0 radical (unpaired) electrons. The van der Waals surface area contributed by atoms with Gasteiger partial charge in [0.1, 0.15) is 0 Å². The Morgan fingerprint density at radius 3 is 2.53 bits per heavy atom. The van der Waals surface area contributed by atoms with Crippen molar-refractivity contribution < 1.29 is 4.79 Å². The van der Waals surface area contributed by atoms with Gasteiger partial charge >= 0.3 is 0 Å². The number of ketones is 1. The molecule has 0 fully saturated rings. The fraction of sp³-hybridized carbons (Fsp3) is 0.312. The Kier molecular flexibility index (Phi) is 4.05. The number of carbonyl (C=O) groups excluding carboxylic acids is 1. The van der Waals surface area contributed by atoms with E-state index in [0.717, 1.165) is 29.7 Å². The standard InChI is InChI=1S/C16H18N2O/c1-4-5-10-18-14-11(2)16(19)13-9-7-6-8-12(13)15(14)17-3/h6-10H,4-5H2,1-3H3. The third kappa shape index (κ3) is 2.41. The van der Waals surface area contributed by atoms with Crippen LogP contribution in [-0.4, -0.2) is 24.8 Å². The largest absolute Gasteiger partial charge is 0.289 e. The van der Waals surface area contributed by atoms with E-state index in [1.807, 2.05) is 37.4 Å². The highest BCUT2D eigenvalue weighted by molar-refractivity contribution is 6.28. The maximum Gasteiger partial charge on any atom is 0.191 e. The van der Waals surface area contributed by atoms with Gasteiger partial charge in [-0.15, -0.1) is 0 Å². The Bertz CT molecular complexity index is 595. The van der Waals surface area contributed by atoms with Crippen LogP contribution in [0.4, 0.5) is 0 Å². The lowest BCUT2D eigenvalue weighted by atomic mass is 9.87. The molecule has 3 heteroatoms. The van der Waals surface area contributed by atoms with E-state index in [1.54, 1.807) is 7.05 Å². The molecule has 2 rings (SSSR count). The highest BCUT2D eigenvalue weighted by atomic mass is 16.1. The highest BCUT2D eigenvalue weighted by Crippen LogP contribution is 2.27. The summed E-state index contributed by atoms with van der Waals surface area (Å²) in [6, 6.07) is 7.57. The van der Waals surface area contributed by atoms with Gasteiger partial charge in [-0.05, 0) is 13.3 Å². The molecule has 0 amide bonds. The first-order valence-corrected chi connectivity index (χ1v) is 6.55. The number of rotatable bonds is 3. The van der Waals surface area contributed by atoms with Gasteiger partial charge in [-0.1, -0.05) is 37.6 Å². The summed E-state index contributed by atoms with van der Waals surface area (Å²) in [5.74, 6) is 0.0478. The number of nitrogens with zero attached hydrogens (tertiary/aromatic N) is 2. The van der Waals surface area contributed by atoms with Gasteiger partial charge in [0.25, 0.3) is 0 Å². The van der Waals surface area contributed by atoms with Gasteiger partial charge in [0.05, 0.1) is 11.4 Å². The maximum atomic E-state index is 12.3. The molecule has 0 N–H and O–H groups in total. The van der Waals surface area contributed by atoms with Gasteiger partial charge in [-0.3, -0.25) is 14.8 Å². The molecule has 0 unspecified atom stereocenters. The van der Waals surface area contributed by atoms with Crippen molar-refractivity contribution in [1.82, 2.24) is 0 Å². The third-order valence-electron chi connectivity index (χ3n) is 3.21. The van der Waals surface area contributed by atoms with Crippen molar-refractivity contribution in [3.05, 3.63) is 46.7 Å². The number of fused-ring (bicyclic) bond motifs is 1. The average Bonchev–Trinajstić information content (AvgIpc) is 2.44. The van der Waals surface area contributed by atoms with Crippen molar-refractivity contribution in [1.29, 1.82) is 0 Å². The van der Waals surface area contributed by atoms with Crippen molar-refractivity contribution in [2.45, 2.75) is 26.7 Å². The molecule has 0 atom stereocenters. The van der Waals surface area contributed by atoms with Crippen LogP contribution in [0.15, 0.2) is 45.5 Å². The first kappa shape index (κ1) is 13.4. The number of hydrogen-bond acceptors (Lipinski definition) is 3. The monoisotopic (exact) mass is 254 g/mol. The molecule has 0 aliphatic heterocycles. The molecule has 0 spiro atoms. The Morgan fingerprint density at radius 1 is 1.21 bits per heavy atom. The van der Waals surface area contributed by atoms with Crippen molar-refractivity contribution in [3.63, 3.8) is 0 Å². The number of unbranched alkanes of at least 4 members (excludes halogenated alkanes) is 1. The molecule has 0 saturated heterocycles. The molecule has 19 heavy (non-hydrogen) atoms. The molecule has 0 bridgehead atoms. The van der Waals surface area contributed by atoms with Crippen LogP contribution < -0.4 is 0 Å². The van der Waals surface area contributed by atoms with Crippen LogP contribution in [0.2, 0.25) is 0 Å². The summed E-state index contributed by atoms with van der Waals surface area (Å²) in [7, 11) is 1.74. The number of carbonyl (C=O) groups is 1. The van der Waals surface area contributed by atoms with Crippen LogP contribution in [0.1, 0.15) is 42.6 Å². The Morgan fingerprint density at radius 2 is 1.89 bits per heavy atom. The van der Waals surface area contributed by atoms with E-state index < -0.39 is 0 Å². The minimum atomic E-state index is 0.0478. The summed E-state index contributed by atoms with van der Waals surface area (Å²) < 4.78 is 0. The van der Waals surface area contributed by atoms with Crippen LogP contribution in [0.3, 0.4) is 0 Å². The first-order valence-electron chi connectivity index (χ1n) is 6.55. The van der Waals surface area contributed by atoms with E-state index >= 15 is 0 Å². The predicted octanol–water partition coefficient (Wildman–Crippen LogP) is 3.45. The summed E-state index contributed by atoms with van der Waals surface area (Å²) in [6.07, 6.45) is 3.81. The highest BCUT2D eigenvalue weighted by Gasteiger charge is 2.27. The molecule has 98 valence electrons. The van der Waals surface area contributed by atoms with Crippen molar-refractivity contribution in [2.75, 3.05) is 7.05 Å². The average molecular weight is 254 g/mol. The zero-order chi connectivity index (χ0) is 13.8. The summed E-state index contributed by atoms with van der Waals surface area (Å²) >= 11 is 0. The minimum absolute atomic E-state index is 0.0478. The molecule has 1 aromatic carbocycles. The van der Waals surface area contributed by atoms with Crippen LogP contribution in [-0.2, 0) is 0 Å². The van der Waals surface area contributed by atoms with Crippen molar-refractivity contribution in [2.24, 2.45) is 9.98 Å². The Balaban J connectivity index is 2.55. The van der Waals surface area contributed by atoms with Crippen LogP contribution in [0.5, 0.6) is 0 Å². The summed E-state index contributed by atoms with van der Waals surface area (Å²) in [5.41, 5.74) is 3.78. The SMILES string of the molecule is CCCC=NC1=C(C)C(=O)c2ccccc2C1=NC. The molecular weight excluding hydrogens is 236 g/mol.